The van der Waals surface area contributed by atoms with E-state index in [1.165, 1.54) is 12.1 Å². The van der Waals surface area contributed by atoms with E-state index in [0.29, 0.717) is 31.0 Å². The first-order chi connectivity index (χ1) is 18.5. The average molecular weight is 575 g/mol. The summed E-state index contributed by atoms with van der Waals surface area (Å²) < 4.78 is 0. The molecule has 3 N–H and O–H groups in total. The van der Waals surface area contributed by atoms with Crippen molar-refractivity contribution in [2.45, 2.75) is 64.1 Å². The lowest BCUT2D eigenvalue weighted by molar-refractivity contribution is -0.142. The lowest BCUT2D eigenvalue weighted by Gasteiger charge is -2.34. The van der Waals surface area contributed by atoms with Gasteiger partial charge >= 0.3 is 0 Å². The van der Waals surface area contributed by atoms with Crippen molar-refractivity contribution in [3.05, 3.63) is 33.8 Å². The van der Waals surface area contributed by atoms with E-state index < -0.39 is 24.0 Å². The molecule has 4 amide bonds. The first kappa shape index (κ1) is 27.7. The quantitative estimate of drug-likeness (QED) is 0.500. The highest BCUT2D eigenvalue weighted by Crippen LogP contribution is 2.65. The normalized spacial score (nSPS) is 34.0. The number of nitrogens with one attached hydrogen (secondary N) is 3. The van der Waals surface area contributed by atoms with Crippen molar-refractivity contribution in [2.75, 3.05) is 13.1 Å². The van der Waals surface area contributed by atoms with Gasteiger partial charge in [-0.15, -0.1) is 0 Å². The van der Waals surface area contributed by atoms with Crippen LogP contribution in [0.3, 0.4) is 0 Å². The molecule has 0 spiro atoms. The van der Waals surface area contributed by atoms with Crippen LogP contribution >= 0.6 is 23.2 Å². The lowest BCUT2D eigenvalue weighted by Crippen LogP contribution is -2.57. The maximum atomic E-state index is 14.0. The molecular formula is C28H33Cl2N5O4. The second kappa shape index (κ2) is 10.6. The number of benzene rings is 1. The predicted octanol–water partition coefficient (Wildman–Crippen LogP) is 2.91. The molecule has 1 aliphatic carbocycles. The molecule has 1 saturated carbocycles. The SMILES string of the molecule is CC1(C)[C@@H]2[C@H]3C(=O)N[C@H](C#N)C[C@@H]4C(=O)NC[C@@H]4CCCC[C@H](NC(=O)c4cc(Cl)ccc4Cl)C(=O)N3C[C@@H]21. The molecule has 1 aromatic rings. The summed E-state index contributed by atoms with van der Waals surface area (Å²) in [5.41, 5.74) is 0.0573. The third-order valence-electron chi connectivity index (χ3n) is 9.26. The summed E-state index contributed by atoms with van der Waals surface area (Å²) in [4.78, 5) is 55.0. The molecule has 5 rings (SSSR count). The van der Waals surface area contributed by atoms with Crippen LogP contribution < -0.4 is 16.0 Å². The van der Waals surface area contributed by atoms with Gasteiger partial charge in [-0.2, -0.15) is 5.26 Å². The molecule has 0 unspecified atom stereocenters. The summed E-state index contributed by atoms with van der Waals surface area (Å²) in [5.74, 6) is -1.52. The van der Waals surface area contributed by atoms with E-state index in [1.54, 1.807) is 11.0 Å². The highest BCUT2D eigenvalue weighted by atomic mass is 35.5. The van der Waals surface area contributed by atoms with Crippen molar-refractivity contribution >= 4 is 46.8 Å². The van der Waals surface area contributed by atoms with E-state index >= 15 is 0 Å². The van der Waals surface area contributed by atoms with Crippen molar-refractivity contribution in [1.82, 2.24) is 20.9 Å². The number of hydrogen-bond donors (Lipinski definition) is 3. The second-order valence-corrected chi connectivity index (χ2v) is 12.7. The average Bonchev–Trinajstić information content (AvgIpc) is 3.21. The van der Waals surface area contributed by atoms with Crippen LogP contribution in [0, 0.1) is 40.4 Å². The topological polar surface area (TPSA) is 131 Å². The van der Waals surface area contributed by atoms with Crippen molar-refractivity contribution in [2.24, 2.45) is 29.1 Å². The first-order valence-corrected chi connectivity index (χ1v) is 14.3. The van der Waals surface area contributed by atoms with Crippen LogP contribution in [0.25, 0.3) is 0 Å². The number of hydrogen-bond acceptors (Lipinski definition) is 5. The molecule has 11 heteroatoms. The summed E-state index contributed by atoms with van der Waals surface area (Å²) in [5, 5.41) is 19.0. The number of piperidine rings is 1. The Hall–Kier alpha value is -2.83. The van der Waals surface area contributed by atoms with Crippen LogP contribution in [-0.4, -0.2) is 59.7 Å². The Balaban J connectivity index is 1.44. The zero-order valence-corrected chi connectivity index (χ0v) is 23.5. The van der Waals surface area contributed by atoms with Gasteiger partial charge in [-0.3, -0.25) is 19.2 Å². The number of nitriles is 1. The van der Waals surface area contributed by atoms with Crippen LogP contribution in [0.2, 0.25) is 10.0 Å². The Kier molecular flexibility index (Phi) is 7.55. The summed E-state index contributed by atoms with van der Waals surface area (Å²) in [6.45, 7) is 5.09. The molecule has 7 atom stereocenters. The number of fused-ring (bicyclic) bond motifs is 4. The summed E-state index contributed by atoms with van der Waals surface area (Å²) >= 11 is 12.3. The van der Waals surface area contributed by atoms with Gasteiger partial charge in [-0.25, -0.2) is 0 Å². The predicted molar refractivity (Wildman–Crippen MR) is 145 cm³/mol. The van der Waals surface area contributed by atoms with Crippen molar-refractivity contribution in [3.8, 4) is 6.07 Å². The van der Waals surface area contributed by atoms with Crippen LogP contribution in [0.1, 0.15) is 56.3 Å². The van der Waals surface area contributed by atoms with Gasteiger partial charge in [0.15, 0.2) is 0 Å². The standard InChI is InChI=1S/C28H33Cl2N5O4/c1-28(2)19-13-35-23(22(19)28)26(38)33-16(11-31)10-17-14(12-32-24(17)36)5-3-4-6-21(27(35)39)34-25(37)18-9-15(29)7-8-20(18)30/h7-9,14,16-17,19,21-23H,3-6,10,12-13H2,1-2H3,(H,32,36)(H,33,38)(H,34,37)/t14-,16-,17-,19-,21-,22-,23-/m0/s1. The highest BCUT2D eigenvalue weighted by molar-refractivity contribution is 6.35. The van der Waals surface area contributed by atoms with Gasteiger partial charge in [-0.05, 0) is 60.6 Å². The van der Waals surface area contributed by atoms with Gasteiger partial charge in [-0.1, -0.05) is 49.9 Å². The number of nitrogens with zero attached hydrogens (tertiary/aromatic N) is 2. The van der Waals surface area contributed by atoms with E-state index in [4.69, 9.17) is 23.2 Å². The molecule has 4 fully saturated rings. The smallest absolute Gasteiger partial charge is 0.253 e. The number of carbonyl (C=O) groups excluding carboxylic acids is 4. The van der Waals surface area contributed by atoms with E-state index in [9.17, 15) is 24.4 Å². The fourth-order valence-corrected chi connectivity index (χ4v) is 7.29. The molecular weight excluding hydrogens is 541 g/mol. The minimum Gasteiger partial charge on any atom is -0.356 e. The molecule has 0 bridgehead atoms. The number of carbonyl (C=O) groups is 4. The van der Waals surface area contributed by atoms with Crippen LogP contribution in [-0.2, 0) is 14.4 Å². The van der Waals surface area contributed by atoms with Gasteiger partial charge in [0, 0.05) is 24.0 Å². The Morgan fingerprint density at radius 2 is 1.90 bits per heavy atom. The summed E-state index contributed by atoms with van der Waals surface area (Å²) in [6.07, 6.45) is 2.75. The minimum atomic E-state index is -0.864. The van der Waals surface area contributed by atoms with Gasteiger partial charge in [0.1, 0.15) is 18.1 Å². The summed E-state index contributed by atoms with van der Waals surface area (Å²) in [7, 11) is 0. The largest absolute Gasteiger partial charge is 0.356 e. The van der Waals surface area contributed by atoms with E-state index in [-0.39, 0.29) is 63.8 Å². The van der Waals surface area contributed by atoms with Crippen LogP contribution in [0.15, 0.2) is 18.2 Å². The molecule has 3 aliphatic heterocycles. The molecule has 1 aromatic carbocycles. The highest BCUT2D eigenvalue weighted by Gasteiger charge is 2.69. The van der Waals surface area contributed by atoms with Crippen molar-refractivity contribution in [3.63, 3.8) is 0 Å². The van der Waals surface area contributed by atoms with E-state index in [1.807, 2.05) is 0 Å². The molecule has 3 saturated heterocycles. The van der Waals surface area contributed by atoms with Crippen LogP contribution in [0.4, 0.5) is 0 Å². The number of rotatable bonds is 2. The Morgan fingerprint density at radius 1 is 1.15 bits per heavy atom. The second-order valence-electron chi connectivity index (χ2n) is 11.9. The van der Waals surface area contributed by atoms with Crippen LogP contribution in [0.5, 0.6) is 0 Å². The molecule has 39 heavy (non-hydrogen) atoms. The summed E-state index contributed by atoms with van der Waals surface area (Å²) in [6, 6.07) is 4.28. The number of halogens is 2. The van der Waals surface area contributed by atoms with Gasteiger partial charge in [0.2, 0.25) is 17.7 Å². The number of amides is 4. The lowest BCUT2D eigenvalue weighted by atomic mass is 9.85. The fraction of sp³-hybridized carbons (Fsp3) is 0.607. The van der Waals surface area contributed by atoms with E-state index in [0.717, 1.165) is 12.8 Å². The van der Waals surface area contributed by atoms with Crippen molar-refractivity contribution < 1.29 is 19.2 Å². The first-order valence-electron chi connectivity index (χ1n) is 13.6. The molecule has 9 nitrogen and oxygen atoms in total. The third-order valence-corrected chi connectivity index (χ3v) is 9.83. The van der Waals surface area contributed by atoms with Gasteiger partial charge in [0.05, 0.1) is 16.7 Å². The monoisotopic (exact) mass is 573 g/mol. The maximum Gasteiger partial charge on any atom is 0.253 e. The third kappa shape index (κ3) is 5.21. The maximum absolute atomic E-state index is 14.0. The molecule has 0 aromatic heterocycles. The van der Waals surface area contributed by atoms with E-state index in [2.05, 4.69) is 35.9 Å². The fourth-order valence-electron chi connectivity index (χ4n) is 6.91. The zero-order valence-electron chi connectivity index (χ0n) is 22.0. The Morgan fingerprint density at radius 3 is 2.64 bits per heavy atom. The van der Waals surface area contributed by atoms with Crippen molar-refractivity contribution in [1.29, 1.82) is 5.26 Å². The molecule has 4 aliphatic rings. The van der Waals surface area contributed by atoms with Gasteiger partial charge in [0.25, 0.3) is 5.91 Å². The molecule has 208 valence electrons. The zero-order chi connectivity index (χ0) is 28.1. The Labute approximate surface area is 237 Å². The van der Waals surface area contributed by atoms with Gasteiger partial charge < -0.3 is 20.9 Å². The minimum absolute atomic E-state index is 0.0388. The molecule has 3 heterocycles. The molecule has 0 radical (unpaired) electrons. The Bertz CT molecular complexity index is 1250.